The Hall–Kier alpha value is -1.89. The highest BCUT2D eigenvalue weighted by Crippen LogP contribution is 2.26. The Morgan fingerprint density at radius 2 is 1.08 bits per heavy atom. The van der Waals surface area contributed by atoms with Crippen LogP contribution in [0.15, 0.2) is 34.3 Å². The van der Waals surface area contributed by atoms with E-state index in [1.165, 1.54) is 26.4 Å². The summed E-state index contributed by atoms with van der Waals surface area (Å²) in [6.45, 7) is 12.0. The lowest BCUT2D eigenvalue weighted by atomic mass is 9.98. The molecule has 6 heteroatoms. The molecule has 0 amide bonds. The molecule has 0 bridgehead atoms. The van der Waals surface area contributed by atoms with Crippen molar-refractivity contribution in [3.05, 3.63) is 65.7 Å². The standard InChI is InChI=1S/3C8H8OS.3C2H6/c9-7-1-2-8-6(5-7)3-4-10-8;9-7-2-1-6-3-4-10-8(6)5-7;9-7-3-1-2-6-4-5-10-8(6)7;3*1-2/h2*3-4H,1-2,5H2;4-5H,1-3H2;3*1-2H3. The molecular formula is C30H42O3S3. The summed E-state index contributed by atoms with van der Waals surface area (Å²) in [5, 5.41) is 6.15. The molecule has 3 nitrogen and oxygen atoms in total. The van der Waals surface area contributed by atoms with Crippen molar-refractivity contribution < 1.29 is 14.4 Å². The molecule has 6 rings (SSSR count). The molecule has 198 valence electrons. The molecule has 3 aromatic heterocycles. The zero-order valence-electron chi connectivity index (χ0n) is 22.8. The van der Waals surface area contributed by atoms with Crippen molar-refractivity contribution in [3.63, 3.8) is 0 Å². The van der Waals surface area contributed by atoms with Gasteiger partial charge in [-0.25, -0.2) is 0 Å². The molecule has 0 aliphatic heterocycles. The Balaban J connectivity index is 0.000000244. The Morgan fingerprint density at radius 1 is 0.528 bits per heavy atom. The summed E-state index contributed by atoms with van der Waals surface area (Å²) < 4.78 is 0. The van der Waals surface area contributed by atoms with E-state index in [1.807, 2.05) is 46.9 Å². The van der Waals surface area contributed by atoms with Crippen LogP contribution in [0.1, 0.15) is 103 Å². The molecule has 0 unspecified atom stereocenters. The Labute approximate surface area is 230 Å². The third-order valence-corrected chi connectivity index (χ3v) is 8.56. The minimum absolute atomic E-state index is 0.344. The molecule has 0 saturated heterocycles. The predicted molar refractivity (Wildman–Crippen MR) is 158 cm³/mol. The molecule has 0 atom stereocenters. The molecule has 3 aliphatic rings. The fourth-order valence-electron chi connectivity index (χ4n) is 3.91. The quantitative estimate of drug-likeness (QED) is 0.283. The number of hydrogen-bond donors (Lipinski definition) is 0. The monoisotopic (exact) mass is 546 g/mol. The minimum atomic E-state index is 0.344. The third-order valence-electron chi connectivity index (χ3n) is 5.57. The number of hydrogen-bond acceptors (Lipinski definition) is 6. The van der Waals surface area contributed by atoms with E-state index < -0.39 is 0 Å². The SMILES string of the molecule is CC.CC.CC.O=C1CCCc2ccsc21.O=C1CCc2ccsc2C1.O=C1CCc2sccc2C1. The normalized spacial score (nSPS) is 14.7. The van der Waals surface area contributed by atoms with Crippen LogP contribution in [0.4, 0.5) is 0 Å². The smallest absolute Gasteiger partial charge is 0.173 e. The number of thiophene rings is 3. The first kappa shape index (κ1) is 32.1. The molecular weight excluding hydrogens is 505 g/mol. The van der Waals surface area contributed by atoms with E-state index in [9.17, 15) is 14.4 Å². The zero-order valence-corrected chi connectivity index (χ0v) is 25.2. The van der Waals surface area contributed by atoms with E-state index in [1.54, 1.807) is 34.0 Å². The Kier molecular flexibility index (Phi) is 16.4. The van der Waals surface area contributed by atoms with Crippen LogP contribution in [-0.4, -0.2) is 17.3 Å². The molecule has 3 heterocycles. The largest absolute Gasteiger partial charge is 0.299 e. The lowest BCUT2D eigenvalue weighted by Crippen LogP contribution is -2.10. The van der Waals surface area contributed by atoms with Gasteiger partial charge in [0.25, 0.3) is 0 Å². The van der Waals surface area contributed by atoms with E-state index >= 15 is 0 Å². The van der Waals surface area contributed by atoms with Crippen LogP contribution in [0.2, 0.25) is 0 Å². The van der Waals surface area contributed by atoms with Gasteiger partial charge in [-0.05, 0) is 76.7 Å². The second-order valence-corrected chi connectivity index (χ2v) is 10.6. The molecule has 0 spiro atoms. The maximum atomic E-state index is 11.2. The highest BCUT2D eigenvalue weighted by molar-refractivity contribution is 7.12. The second kappa shape index (κ2) is 18.4. The number of fused-ring (bicyclic) bond motifs is 3. The van der Waals surface area contributed by atoms with Crippen molar-refractivity contribution in [2.75, 3.05) is 0 Å². The Morgan fingerprint density at radius 3 is 1.78 bits per heavy atom. The van der Waals surface area contributed by atoms with Crippen LogP contribution >= 0.6 is 34.0 Å². The van der Waals surface area contributed by atoms with Crippen molar-refractivity contribution in [3.8, 4) is 0 Å². The fourth-order valence-corrected chi connectivity index (χ4v) is 6.71. The van der Waals surface area contributed by atoms with E-state index in [0.29, 0.717) is 30.2 Å². The maximum Gasteiger partial charge on any atom is 0.173 e. The van der Waals surface area contributed by atoms with Crippen molar-refractivity contribution in [2.24, 2.45) is 0 Å². The first-order chi connectivity index (χ1) is 17.6. The molecule has 0 N–H and O–H groups in total. The zero-order chi connectivity index (χ0) is 26.9. The minimum Gasteiger partial charge on any atom is -0.299 e. The molecule has 3 aromatic rings. The summed E-state index contributed by atoms with van der Waals surface area (Å²) in [4.78, 5) is 36.7. The molecule has 0 fully saturated rings. The summed E-state index contributed by atoms with van der Waals surface area (Å²) in [6.07, 6.45) is 7.73. The highest BCUT2D eigenvalue weighted by Gasteiger charge is 2.17. The van der Waals surface area contributed by atoms with Crippen LogP contribution in [0.25, 0.3) is 0 Å². The maximum absolute atomic E-state index is 11.2. The number of carbonyl (C=O) groups is 3. The number of rotatable bonds is 0. The van der Waals surface area contributed by atoms with Crippen molar-refractivity contribution in [2.45, 2.75) is 99.3 Å². The molecule has 0 radical (unpaired) electrons. The van der Waals surface area contributed by atoms with Gasteiger partial charge in [0.05, 0.1) is 4.88 Å². The summed E-state index contributed by atoms with van der Waals surface area (Å²) >= 11 is 5.07. The van der Waals surface area contributed by atoms with Crippen LogP contribution in [0, 0.1) is 0 Å². The third kappa shape index (κ3) is 9.87. The Bertz CT molecular complexity index is 999. The van der Waals surface area contributed by atoms with Gasteiger partial charge >= 0.3 is 0 Å². The first-order valence-electron chi connectivity index (χ1n) is 13.3. The van der Waals surface area contributed by atoms with Crippen LogP contribution < -0.4 is 0 Å². The summed E-state index contributed by atoms with van der Waals surface area (Å²) in [5.41, 5.74) is 3.92. The number of ketones is 3. The van der Waals surface area contributed by atoms with Gasteiger partial charge in [0.2, 0.25) is 0 Å². The highest BCUT2D eigenvalue weighted by atomic mass is 32.1. The van der Waals surface area contributed by atoms with Gasteiger partial charge < -0.3 is 0 Å². The van der Waals surface area contributed by atoms with Gasteiger partial charge in [0.15, 0.2) is 5.78 Å². The molecule has 0 saturated carbocycles. The van der Waals surface area contributed by atoms with E-state index in [-0.39, 0.29) is 0 Å². The average molecular weight is 547 g/mol. The van der Waals surface area contributed by atoms with Gasteiger partial charge in [-0.15, -0.1) is 34.0 Å². The van der Waals surface area contributed by atoms with E-state index in [2.05, 4.69) is 29.0 Å². The fraction of sp³-hybridized carbons (Fsp3) is 0.500. The topological polar surface area (TPSA) is 51.2 Å². The van der Waals surface area contributed by atoms with E-state index in [0.717, 1.165) is 49.8 Å². The molecule has 0 aromatic carbocycles. The lowest BCUT2D eigenvalue weighted by Gasteiger charge is -2.08. The summed E-state index contributed by atoms with van der Waals surface area (Å²) in [5.74, 6) is 1.14. The van der Waals surface area contributed by atoms with E-state index in [4.69, 9.17) is 0 Å². The van der Waals surface area contributed by atoms with Crippen LogP contribution in [-0.2, 0) is 41.7 Å². The van der Waals surface area contributed by atoms with Gasteiger partial charge in [0, 0.05) is 41.9 Å². The van der Waals surface area contributed by atoms with Crippen molar-refractivity contribution in [1.29, 1.82) is 0 Å². The number of aryl methyl sites for hydroxylation is 3. The predicted octanol–water partition coefficient (Wildman–Crippen LogP) is 8.96. The van der Waals surface area contributed by atoms with Gasteiger partial charge in [0.1, 0.15) is 11.6 Å². The molecule has 36 heavy (non-hydrogen) atoms. The lowest BCUT2D eigenvalue weighted by molar-refractivity contribution is -0.119. The van der Waals surface area contributed by atoms with Crippen LogP contribution in [0.3, 0.4) is 0 Å². The molecule has 3 aliphatic carbocycles. The van der Waals surface area contributed by atoms with Crippen LogP contribution in [0.5, 0.6) is 0 Å². The van der Waals surface area contributed by atoms with Crippen molar-refractivity contribution in [1.82, 2.24) is 0 Å². The van der Waals surface area contributed by atoms with Gasteiger partial charge in [-0.2, -0.15) is 0 Å². The van der Waals surface area contributed by atoms with Crippen molar-refractivity contribution >= 4 is 51.4 Å². The summed E-state index contributed by atoms with van der Waals surface area (Å²) in [6, 6.07) is 6.26. The average Bonchev–Trinajstić information content (AvgIpc) is 3.69. The first-order valence-corrected chi connectivity index (χ1v) is 16.0. The number of Topliss-reactive ketones (excluding diaryl/α,β-unsaturated/α-hetero) is 3. The summed E-state index contributed by atoms with van der Waals surface area (Å²) in [7, 11) is 0. The second-order valence-electron chi connectivity index (χ2n) is 7.72. The van der Waals surface area contributed by atoms with Gasteiger partial charge in [-0.1, -0.05) is 41.5 Å². The number of carbonyl (C=O) groups excluding carboxylic acids is 3. The van der Waals surface area contributed by atoms with Gasteiger partial charge in [-0.3, -0.25) is 14.4 Å².